The van der Waals surface area contributed by atoms with Crippen LogP contribution >= 0.6 is 0 Å². The summed E-state index contributed by atoms with van der Waals surface area (Å²) in [6.07, 6.45) is 2.26. The van der Waals surface area contributed by atoms with Gasteiger partial charge in [0.25, 0.3) is 5.91 Å². The predicted molar refractivity (Wildman–Crippen MR) is 125 cm³/mol. The molecule has 0 radical (unpaired) electrons. The molecular weight excluding hydrogens is 472 g/mol. The van der Waals surface area contributed by atoms with Crippen LogP contribution in [0.15, 0.2) is 53.6 Å². The molecule has 6 rings (SSSR count). The largest absolute Gasteiger partial charge is 0.503 e. The molecule has 1 fully saturated rings. The highest BCUT2D eigenvalue weighted by Gasteiger charge is 2.35. The minimum Gasteiger partial charge on any atom is -0.503 e. The second kappa shape index (κ2) is 8.54. The van der Waals surface area contributed by atoms with Crippen LogP contribution in [0.5, 0.6) is 5.75 Å². The van der Waals surface area contributed by atoms with Gasteiger partial charge in [-0.15, -0.1) is 0 Å². The van der Waals surface area contributed by atoms with Gasteiger partial charge in [0, 0.05) is 29.8 Å². The maximum Gasteiger partial charge on any atom is 0.275 e. The van der Waals surface area contributed by atoms with Crippen LogP contribution in [0.25, 0.3) is 10.9 Å². The molecule has 1 amide bonds. The molecule has 0 aliphatic carbocycles. The van der Waals surface area contributed by atoms with E-state index in [9.17, 15) is 19.1 Å². The lowest BCUT2D eigenvalue weighted by Crippen LogP contribution is -2.56. The van der Waals surface area contributed by atoms with Crippen LogP contribution in [0.4, 0.5) is 8.78 Å². The average Bonchev–Trinajstić information content (AvgIpc) is 3.24. The Morgan fingerprint density at radius 3 is 2.92 bits per heavy atom. The summed E-state index contributed by atoms with van der Waals surface area (Å²) in [5.74, 6) is -3.16. The Labute approximate surface area is 202 Å². The van der Waals surface area contributed by atoms with Gasteiger partial charge in [-0.3, -0.25) is 19.6 Å². The molecule has 0 spiro atoms. The Morgan fingerprint density at radius 1 is 1.19 bits per heavy atom. The number of hydrogen-bond donors (Lipinski definition) is 3. The van der Waals surface area contributed by atoms with Gasteiger partial charge in [-0.1, -0.05) is 24.3 Å². The highest BCUT2D eigenvalue weighted by molar-refractivity contribution is 5.95. The quantitative estimate of drug-likeness (QED) is 0.404. The molecule has 0 saturated carbocycles. The van der Waals surface area contributed by atoms with Crippen molar-refractivity contribution in [3.8, 4) is 5.75 Å². The lowest BCUT2D eigenvalue weighted by molar-refractivity contribution is -0.0150. The highest BCUT2D eigenvalue weighted by atomic mass is 19.2. The van der Waals surface area contributed by atoms with Crippen LogP contribution < -0.4 is 10.7 Å². The number of para-hydroxylation sites is 1. The van der Waals surface area contributed by atoms with E-state index in [1.54, 1.807) is 10.9 Å². The Balaban J connectivity index is 1.45. The molecule has 4 aromatic rings. The van der Waals surface area contributed by atoms with Crippen molar-refractivity contribution in [2.45, 2.75) is 18.8 Å². The van der Waals surface area contributed by atoms with Crippen molar-refractivity contribution in [3.63, 3.8) is 0 Å². The topological polar surface area (TPSA) is 112 Å². The second-order valence-electron chi connectivity index (χ2n) is 8.77. The maximum absolute atomic E-state index is 15.0. The molecule has 2 atom stereocenters. The number of halogens is 2. The molecule has 2 aliphatic heterocycles. The van der Waals surface area contributed by atoms with Crippen LogP contribution in [-0.2, 0) is 11.3 Å². The number of fused-ring (bicyclic) bond motifs is 1. The molecule has 184 valence electrons. The Bertz CT molecular complexity index is 1570. The van der Waals surface area contributed by atoms with Crippen molar-refractivity contribution >= 4 is 16.8 Å². The van der Waals surface area contributed by atoms with E-state index in [0.717, 1.165) is 28.6 Å². The summed E-state index contributed by atoms with van der Waals surface area (Å²) in [7, 11) is 0. The van der Waals surface area contributed by atoms with Gasteiger partial charge in [-0.25, -0.2) is 8.78 Å². The van der Waals surface area contributed by atoms with Crippen molar-refractivity contribution < 1.29 is 23.4 Å². The summed E-state index contributed by atoms with van der Waals surface area (Å²) in [6, 6.07) is 8.74. The zero-order valence-electron chi connectivity index (χ0n) is 18.9. The molecule has 11 heteroatoms. The lowest BCUT2D eigenvalue weighted by atomic mass is 9.93. The molecule has 2 aliphatic rings. The Morgan fingerprint density at radius 2 is 2.06 bits per heavy atom. The number of H-pyrrole nitrogens is 1. The third-order valence-electron chi connectivity index (χ3n) is 6.75. The fourth-order valence-electron chi connectivity index (χ4n) is 5.02. The number of pyridine rings is 1. The van der Waals surface area contributed by atoms with Gasteiger partial charge in [0.05, 0.1) is 37.5 Å². The van der Waals surface area contributed by atoms with Crippen molar-refractivity contribution in [2.75, 3.05) is 19.8 Å². The summed E-state index contributed by atoms with van der Waals surface area (Å²) in [4.78, 5) is 29.4. The number of amides is 1. The van der Waals surface area contributed by atoms with Crippen LogP contribution in [0.2, 0.25) is 0 Å². The van der Waals surface area contributed by atoms with Crippen LogP contribution in [0.1, 0.15) is 33.2 Å². The number of carbonyl (C=O) groups is 1. The average molecular weight is 493 g/mol. The number of aromatic hydroxyl groups is 1. The monoisotopic (exact) mass is 493 g/mol. The fourth-order valence-corrected chi connectivity index (χ4v) is 5.02. The SMILES string of the molecule is O=C(c1[nH]ccc(=O)c1O)N1CCOCC1NC1c2ccc(F)c(F)c2Cn2ncc3cccc1c32. The van der Waals surface area contributed by atoms with Crippen molar-refractivity contribution in [2.24, 2.45) is 0 Å². The van der Waals surface area contributed by atoms with Gasteiger partial charge in [-0.05, 0) is 17.2 Å². The van der Waals surface area contributed by atoms with Gasteiger partial charge >= 0.3 is 0 Å². The van der Waals surface area contributed by atoms with E-state index in [-0.39, 0.29) is 37.6 Å². The molecule has 2 aromatic heterocycles. The van der Waals surface area contributed by atoms with E-state index in [1.165, 1.54) is 17.2 Å². The first-order chi connectivity index (χ1) is 17.4. The summed E-state index contributed by atoms with van der Waals surface area (Å²) >= 11 is 0. The minimum absolute atomic E-state index is 0.0422. The molecule has 2 unspecified atom stereocenters. The van der Waals surface area contributed by atoms with Crippen molar-refractivity contribution in [1.82, 2.24) is 25.0 Å². The summed E-state index contributed by atoms with van der Waals surface area (Å²) < 4.78 is 36.6. The van der Waals surface area contributed by atoms with Crippen LogP contribution in [0.3, 0.4) is 0 Å². The molecule has 4 heterocycles. The highest BCUT2D eigenvalue weighted by Crippen LogP contribution is 2.37. The fraction of sp³-hybridized carbons (Fsp3) is 0.240. The van der Waals surface area contributed by atoms with Gasteiger partial charge in [0.1, 0.15) is 6.17 Å². The van der Waals surface area contributed by atoms with E-state index >= 15 is 4.39 Å². The Hall–Kier alpha value is -4.09. The molecule has 1 saturated heterocycles. The van der Waals surface area contributed by atoms with Gasteiger partial charge in [0.2, 0.25) is 5.43 Å². The van der Waals surface area contributed by atoms with Gasteiger partial charge < -0.3 is 19.7 Å². The first-order valence-electron chi connectivity index (χ1n) is 11.4. The molecule has 2 aromatic carbocycles. The van der Waals surface area contributed by atoms with E-state index in [4.69, 9.17) is 4.74 Å². The van der Waals surface area contributed by atoms with E-state index in [2.05, 4.69) is 15.4 Å². The first kappa shape index (κ1) is 22.4. The van der Waals surface area contributed by atoms with Crippen molar-refractivity contribution in [3.05, 3.63) is 93.0 Å². The summed E-state index contributed by atoms with van der Waals surface area (Å²) in [5.41, 5.74) is 1.32. The number of aromatic amines is 1. The number of nitrogens with zero attached hydrogens (tertiary/aromatic N) is 3. The molecule has 0 bridgehead atoms. The van der Waals surface area contributed by atoms with Crippen molar-refractivity contribution in [1.29, 1.82) is 0 Å². The summed E-state index contributed by atoms with van der Waals surface area (Å²) in [5, 5.41) is 18.8. The molecule has 36 heavy (non-hydrogen) atoms. The number of rotatable bonds is 3. The normalized spacial score (nSPS) is 19.2. The standard InChI is InChI=1S/C25H21F2N5O4/c26-17-5-4-14-16(20(17)27)11-32-23-13(10-29-32)2-1-3-15(23)21(14)30-19-12-36-9-8-31(19)25(35)22-24(34)18(33)6-7-28-22/h1-7,10,19,21,30,34H,8-9,11-12H2,(H,28,33). The number of hydrogen-bond acceptors (Lipinski definition) is 6. The Kier molecular flexibility index (Phi) is 5.31. The summed E-state index contributed by atoms with van der Waals surface area (Å²) in [6.45, 7) is 0.590. The third kappa shape index (κ3) is 3.47. The van der Waals surface area contributed by atoms with E-state index < -0.39 is 40.9 Å². The zero-order valence-corrected chi connectivity index (χ0v) is 18.9. The number of nitrogens with one attached hydrogen (secondary N) is 2. The first-order valence-corrected chi connectivity index (χ1v) is 11.4. The number of morpholine rings is 1. The maximum atomic E-state index is 15.0. The molecule has 9 nitrogen and oxygen atoms in total. The molecule has 3 N–H and O–H groups in total. The van der Waals surface area contributed by atoms with Crippen LogP contribution in [-0.4, -0.2) is 56.6 Å². The third-order valence-corrected chi connectivity index (χ3v) is 6.75. The number of aromatic nitrogens is 3. The smallest absolute Gasteiger partial charge is 0.275 e. The number of carbonyl (C=O) groups excluding carboxylic acids is 1. The second-order valence-corrected chi connectivity index (χ2v) is 8.77. The minimum atomic E-state index is -0.955. The molecular formula is C25H21F2N5O4. The van der Waals surface area contributed by atoms with Gasteiger partial charge in [0.15, 0.2) is 23.1 Å². The lowest BCUT2D eigenvalue weighted by Gasteiger charge is -2.38. The van der Waals surface area contributed by atoms with Crippen LogP contribution in [0, 0.1) is 11.6 Å². The zero-order chi connectivity index (χ0) is 25.0. The van der Waals surface area contributed by atoms with E-state index in [1.807, 2.05) is 18.2 Å². The van der Waals surface area contributed by atoms with Gasteiger partial charge in [-0.2, -0.15) is 5.10 Å². The predicted octanol–water partition coefficient (Wildman–Crippen LogP) is 2.25. The number of ether oxygens (including phenoxy) is 1. The number of benzene rings is 2. The van der Waals surface area contributed by atoms with E-state index in [0.29, 0.717) is 5.56 Å².